The first-order valence-electron chi connectivity index (χ1n) is 5.27. The summed E-state index contributed by atoms with van der Waals surface area (Å²) in [5, 5.41) is 6.44. The average molecular weight is 222 g/mol. The van der Waals surface area contributed by atoms with E-state index in [1.165, 1.54) is 0 Å². The number of carbonyl (C=O) groups excluding carboxylic acids is 1. The molecule has 5 heteroatoms. The van der Waals surface area contributed by atoms with E-state index in [9.17, 15) is 4.79 Å². The van der Waals surface area contributed by atoms with Gasteiger partial charge in [-0.1, -0.05) is 12.1 Å². The maximum Gasteiger partial charge on any atom is 0.250 e. The van der Waals surface area contributed by atoms with Crippen molar-refractivity contribution in [1.29, 1.82) is 0 Å². The van der Waals surface area contributed by atoms with Gasteiger partial charge in [0.15, 0.2) is 0 Å². The number of anilines is 1. The van der Waals surface area contributed by atoms with Crippen molar-refractivity contribution in [3.05, 3.63) is 29.8 Å². The van der Waals surface area contributed by atoms with Crippen molar-refractivity contribution in [2.75, 3.05) is 31.9 Å². The summed E-state index contributed by atoms with van der Waals surface area (Å²) < 4.78 is 0. The number of benzene rings is 1. The maximum atomic E-state index is 10.6. The molecule has 1 aromatic carbocycles. The van der Waals surface area contributed by atoms with E-state index in [1.807, 2.05) is 0 Å². The smallest absolute Gasteiger partial charge is 0.250 e. The quantitative estimate of drug-likeness (QED) is 0.484. The van der Waals surface area contributed by atoms with Gasteiger partial charge in [0.2, 0.25) is 0 Å². The van der Waals surface area contributed by atoms with Crippen LogP contribution in [0.25, 0.3) is 0 Å². The van der Waals surface area contributed by atoms with E-state index in [2.05, 4.69) is 10.6 Å². The Balaban J connectivity index is 0.000000181. The van der Waals surface area contributed by atoms with Crippen molar-refractivity contribution in [2.24, 2.45) is 5.73 Å². The van der Waals surface area contributed by atoms with Crippen LogP contribution in [0.3, 0.4) is 0 Å². The van der Waals surface area contributed by atoms with E-state index in [-0.39, 0.29) is 0 Å². The standard InChI is InChI=1S/C7H8N2O.C4H10N2/c8-6-4-2-1-3-5(6)7(9)10;1-2-6-4-3-5-1/h1-4H,8H2,(H2,9,10);5-6H,1-4H2. The molecule has 1 aromatic rings. The van der Waals surface area contributed by atoms with E-state index in [0.717, 1.165) is 26.2 Å². The lowest BCUT2D eigenvalue weighted by atomic mass is 10.2. The van der Waals surface area contributed by atoms with E-state index < -0.39 is 5.91 Å². The molecule has 1 amide bonds. The largest absolute Gasteiger partial charge is 0.398 e. The average Bonchev–Trinajstić information content (AvgIpc) is 2.32. The van der Waals surface area contributed by atoms with Crippen LogP contribution < -0.4 is 22.1 Å². The molecule has 2 rings (SSSR count). The van der Waals surface area contributed by atoms with Crippen molar-refractivity contribution < 1.29 is 4.79 Å². The molecule has 0 aromatic heterocycles. The molecule has 16 heavy (non-hydrogen) atoms. The summed E-state index contributed by atoms with van der Waals surface area (Å²) in [6.45, 7) is 4.56. The van der Waals surface area contributed by atoms with Gasteiger partial charge in [0.05, 0.1) is 5.56 Å². The zero-order chi connectivity index (χ0) is 11.8. The summed E-state index contributed by atoms with van der Waals surface area (Å²) in [7, 11) is 0. The highest BCUT2D eigenvalue weighted by molar-refractivity contribution is 5.97. The summed E-state index contributed by atoms with van der Waals surface area (Å²) in [4.78, 5) is 10.6. The molecule has 1 aliphatic heterocycles. The second-order valence-corrected chi connectivity index (χ2v) is 3.45. The summed E-state index contributed by atoms with van der Waals surface area (Å²) in [6.07, 6.45) is 0. The normalized spacial score (nSPS) is 14.8. The number of amides is 1. The number of rotatable bonds is 1. The van der Waals surface area contributed by atoms with Crippen molar-refractivity contribution in [3.8, 4) is 0 Å². The first-order chi connectivity index (χ1) is 7.72. The Hall–Kier alpha value is -1.59. The molecule has 5 nitrogen and oxygen atoms in total. The third-order valence-electron chi connectivity index (χ3n) is 2.18. The number of primary amides is 1. The van der Waals surface area contributed by atoms with Gasteiger partial charge in [-0.25, -0.2) is 0 Å². The number of nitrogen functional groups attached to an aromatic ring is 1. The second kappa shape index (κ2) is 6.81. The first kappa shape index (κ1) is 12.5. The number of piperazine rings is 1. The summed E-state index contributed by atoms with van der Waals surface area (Å²) in [6, 6.07) is 6.70. The number of hydrogen-bond donors (Lipinski definition) is 4. The summed E-state index contributed by atoms with van der Waals surface area (Å²) >= 11 is 0. The van der Waals surface area contributed by atoms with E-state index in [1.54, 1.807) is 24.3 Å². The number of hydrogen-bond acceptors (Lipinski definition) is 4. The molecule has 0 unspecified atom stereocenters. The Labute approximate surface area is 95.2 Å². The van der Waals surface area contributed by atoms with Crippen LogP contribution in [0.5, 0.6) is 0 Å². The molecule has 0 spiro atoms. The van der Waals surface area contributed by atoms with Crippen LogP contribution in [-0.2, 0) is 0 Å². The Morgan fingerprint density at radius 1 is 1.06 bits per heavy atom. The summed E-state index contributed by atoms with van der Waals surface area (Å²) in [5.74, 6) is -0.488. The molecular formula is C11H18N4O. The van der Waals surface area contributed by atoms with Crippen LogP contribution in [0.1, 0.15) is 10.4 Å². The van der Waals surface area contributed by atoms with Crippen molar-refractivity contribution in [3.63, 3.8) is 0 Å². The minimum Gasteiger partial charge on any atom is -0.398 e. The highest BCUT2D eigenvalue weighted by Gasteiger charge is 2.01. The van der Waals surface area contributed by atoms with Gasteiger partial charge < -0.3 is 22.1 Å². The Kier molecular flexibility index (Phi) is 5.31. The molecule has 1 fully saturated rings. The topological polar surface area (TPSA) is 93.2 Å². The molecule has 88 valence electrons. The third kappa shape index (κ3) is 4.29. The Morgan fingerprint density at radius 3 is 1.88 bits per heavy atom. The van der Waals surface area contributed by atoms with Gasteiger partial charge in [0.1, 0.15) is 0 Å². The Morgan fingerprint density at radius 2 is 1.56 bits per heavy atom. The number of carbonyl (C=O) groups is 1. The molecule has 1 heterocycles. The molecular weight excluding hydrogens is 204 g/mol. The minimum atomic E-state index is -0.488. The number of para-hydroxylation sites is 1. The van der Waals surface area contributed by atoms with Crippen LogP contribution in [0.4, 0.5) is 5.69 Å². The molecule has 6 N–H and O–H groups in total. The number of nitrogens with two attached hydrogens (primary N) is 2. The summed E-state index contributed by atoms with van der Waals surface area (Å²) in [5.41, 5.74) is 11.2. The highest BCUT2D eigenvalue weighted by Crippen LogP contribution is 2.08. The van der Waals surface area contributed by atoms with Crippen molar-refractivity contribution >= 4 is 11.6 Å². The zero-order valence-corrected chi connectivity index (χ0v) is 9.20. The predicted molar refractivity (Wildman–Crippen MR) is 65.1 cm³/mol. The van der Waals surface area contributed by atoms with Gasteiger partial charge in [-0.2, -0.15) is 0 Å². The molecule has 0 bridgehead atoms. The van der Waals surface area contributed by atoms with Crippen LogP contribution in [0.2, 0.25) is 0 Å². The van der Waals surface area contributed by atoms with Gasteiger partial charge >= 0.3 is 0 Å². The van der Waals surface area contributed by atoms with E-state index >= 15 is 0 Å². The molecule has 0 atom stereocenters. The van der Waals surface area contributed by atoms with Crippen LogP contribution in [0.15, 0.2) is 24.3 Å². The van der Waals surface area contributed by atoms with Gasteiger partial charge in [0.25, 0.3) is 5.91 Å². The molecule has 0 radical (unpaired) electrons. The van der Waals surface area contributed by atoms with Crippen LogP contribution in [0, 0.1) is 0 Å². The fourth-order valence-electron chi connectivity index (χ4n) is 1.32. The van der Waals surface area contributed by atoms with Crippen molar-refractivity contribution in [1.82, 2.24) is 10.6 Å². The SMILES string of the molecule is C1CNCCN1.NC(=O)c1ccccc1N. The monoisotopic (exact) mass is 222 g/mol. The van der Waals surface area contributed by atoms with Gasteiger partial charge in [-0.15, -0.1) is 0 Å². The third-order valence-corrected chi connectivity index (χ3v) is 2.18. The maximum absolute atomic E-state index is 10.6. The minimum absolute atomic E-state index is 0.377. The zero-order valence-electron chi connectivity index (χ0n) is 9.20. The lowest BCUT2D eigenvalue weighted by Crippen LogP contribution is -2.39. The van der Waals surface area contributed by atoms with Crippen LogP contribution in [-0.4, -0.2) is 32.1 Å². The predicted octanol–water partition coefficient (Wildman–Crippen LogP) is -0.453. The lowest BCUT2D eigenvalue weighted by molar-refractivity contribution is 0.100. The fourth-order valence-corrected chi connectivity index (χ4v) is 1.32. The molecule has 0 saturated carbocycles. The van der Waals surface area contributed by atoms with Gasteiger partial charge in [-0.05, 0) is 12.1 Å². The van der Waals surface area contributed by atoms with E-state index in [0.29, 0.717) is 11.3 Å². The molecule has 1 aliphatic rings. The second-order valence-electron chi connectivity index (χ2n) is 3.45. The van der Waals surface area contributed by atoms with Gasteiger partial charge in [0, 0.05) is 31.9 Å². The lowest BCUT2D eigenvalue weighted by Gasteiger charge is -2.11. The molecule has 0 aliphatic carbocycles. The van der Waals surface area contributed by atoms with Gasteiger partial charge in [-0.3, -0.25) is 4.79 Å². The Bertz CT molecular complexity index is 325. The van der Waals surface area contributed by atoms with Crippen LogP contribution >= 0.6 is 0 Å². The van der Waals surface area contributed by atoms with E-state index in [4.69, 9.17) is 11.5 Å². The van der Waals surface area contributed by atoms with Crippen molar-refractivity contribution in [2.45, 2.75) is 0 Å². The molecule has 1 saturated heterocycles. The highest BCUT2D eigenvalue weighted by atomic mass is 16.1. The first-order valence-corrected chi connectivity index (χ1v) is 5.27. The fraction of sp³-hybridized carbons (Fsp3) is 0.364. The number of nitrogens with one attached hydrogen (secondary N) is 2.